The smallest absolute Gasteiger partial charge is 0.310 e. The Hall–Kier alpha value is -0.490. The van der Waals surface area contributed by atoms with Crippen LogP contribution in [0.15, 0.2) is 30.3 Å². The summed E-state index contributed by atoms with van der Waals surface area (Å²) < 4.78 is 49.1. The summed E-state index contributed by atoms with van der Waals surface area (Å²) in [4.78, 5) is 0. The zero-order chi connectivity index (χ0) is 17.5. The lowest BCUT2D eigenvalue weighted by molar-refractivity contribution is 0.133. The van der Waals surface area contributed by atoms with Gasteiger partial charge in [0.15, 0.2) is 5.85 Å². The third kappa shape index (κ3) is 5.82. The maximum absolute atomic E-state index is 12.6. The molecule has 0 saturated carbocycles. The Labute approximate surface area is 140 Å². The summed E-state index contributed by atoms with van der Waals surface area (Å²) in [6.07, 6.45) is 2.99. The molecule has 23 heavy (non-hydrogen) atoms. The van der Waals surface area contributed by atoms with Crippen molar-refractivity contribution in [3.8, 4) is 0 Å². The summed E-state index contributed by atoms with van der Waals surface area (Å²) in [6.45, 7) is 0. The van der Waals surface area contributed by atoms with E-state index in [2.05, 4.69) is 0 Å². The Morgan fingerprint density at radius 1 is 0.957 bits per heavy atom. The predicted molar refractivity (Wildman–Crippen MR) is 88.6 cm³/mol. The number of hydrogen-bond donors (Lipinski definition) is 0. The molecule has 0 bridgehead atoms. The third-order valence-electron chi connectivity index (χ3n) is 2.83. The molecule has 1 aromatic rings. The predicted octanol–water partition coefficient (Wildman–Crippen LogP) is 4.58. The summed E-state index contributed by atoms with van der Waals surface area (Å²) in [7, 11) is -2.94. The number of rotatable bonds is 9. The van der Waals surface area contributed by atoms with Gasteiger partial charge in [0.1, 0.15) is 0 Å². The van der Waals surface area contributed by atoms with E-state index in [4.69, 9.17) is 34.2 Å². The maximum atomic E-state index is 12.6. The first-order chi connectivity index (χ1) is 10.8. The van der Waals surface area contributed by atoms with Crippen LogP contribution in [0.4, 0.5) is 0 Å². The number of benzene rings is 1. The number of halogens is 1. The van der Waals surface area contributed by atoms with Gasteiger partial charge >= 0.3 is 15.4 Å². The molecular weight excluding hydrogens is 366 g/mol. The molecule has 0 aliphatic rings. The molecule has 0 saturated heterocycles. The van der Waals surface area contributed by atoms with E-state index in [1.165, 1.54) is 20.3 Å². The minimum absolute atomic E-state index is 0.581. The Kier molecular flexibility index (Phi) is 8.14. The van der Waals surface area contributed by atoms with Crippen molar-refractivity contribution in [2.45, 2.75) is 5.85 Å². The number of phosphoric ester groups is 1. The Bertz CT molecular complexity index is 601. The molecule has 0 spiro atoms. The Balaban J connectivity index is 3.11. The van der Waals surface area contributed by atoms with Gasteiger partial charge in [0, 0.05) is 33.5 Å². The van der Waals surface area contributed by atoms with Gasteiger partial charge in [-0.2, -0.15) is 0 Å². The van der Waals surface area contributed by atoms with Crippen LogP contribution in [-0.4, -0.2) is 34.3 Å². The van der Waals surface area contributed by atoms with E-state index < -0.39 is 21.3 Å². The van der Waals surface area contributed by atoms with Crippen LogP contribution >= 0.6 is 27.0 Å². The second-order valence-electron chi connectivity index (χ2n) is 4.12. The van der Waals surface area contributed by atoms with Crippen molar-refractivity contribution in [2.75, 3.05) is 28.4 Å². The third-order valence-corrected chi connectivity index (χ3v) is 6.55. The molecule has 1 aromatic carbocycles. The molecule has 0 amide bonds. The van der Waals surface area contributed by atoms with Crippen molar-refractivity contribution in [3.63, 3.8) is 0 Å². The zero-order valence-corrected chi connectivity index (χ0v) is 15.7. The Morgan fingerprint density at radius 3 is 1.91 bits per heavy atom. The van der Waals surface area contributed by atoms with E-state index in [-0.39, 0.29) is 0 Å². The van der Waals surface area contributed by atoms with Crippen molar-refractivity contribution < 1.29 is 31.7 Å². The fourth-order valence-electron chi connectivity index (χ4n) is 1.54. The second kappa shape index (κ2) is 9.11. The highest BCUT2D eigenvalue weighted by Crippen LogP contribution is 2.60. The topological polar surface area (TPSA) is 80.3 Å². The van der Waals surface area contributed by atoms with Crippen LogP contribution in [0.25, 0.3) is 6.08 Å². The maximum Gasteiger partial charge on any atom is 0.475 e. The molecule has 10 heteroatoms. The van der Waals surface area contributed by atoms with Gasteiger partial charge < -0.3 is 9.05 Å². The minimum Gasteiger partial charge on any atom is -0.310 e. The van der Waals surface area contributed by atoms with E-state index in [1.54, 1.807) is 30.3 Å². The van der Waals surface area contributed by atoms with Crippen molar-refractivity contribution in [1.29, 1.82) is 0 Å². The highest BCUT2D eigenvalue weighted by molar-refractivity contribution is 7.56. The monoisotopic (exact) mass is 384 g/mol. The average molecular weight is 385 g/mol. The van der Waals surface area contributed by atoms with Gasteiger partial charge in [0.2, 0.25) is 0 Å². The molecule has 1 unspecified atom stereocenters. The summed E-state index contributed by atoms with van der Waals surface area (Å²) >= 11 is 5.81. The van der Waals surface area contributed by atoms with Crippen molar-refractivity contribution in [1.82, 2.24) is 0 Å². The highest BCUT2D eigenvalue weighted by atomic mass is 35.5. The molecule has 0 N–H and O–H groups in total. The summed E-state index contributed by atoms with van der Waals surface area (Å²) in [5, 5.41) is 0.581. The van der Waals surface area contributed by atoms with Crippen LogP contribution in [0, 0.1) is 0 Å². The first-order valence-corrected chi connectivity index (χ1v) is 9.82. The summed E-state index contributed by atoms with van der Waals surface area (Å²) in [5.74, 6) is -1.29. The molecule has 1 atom stereocenters. The van der Waals surface area contributed by atoms with Gasteiger partial charge in [-0.3, -0.25) is 18.1 Å². The van der Waals surface area contributed by atoms with Crippen molar-refractivity contribution >= 4 is 33.1 Å². The quantitative estimate of drug-likeness (QED) is 0.576. The van der Waals surface area contributed by atoms with E-state index in [0.717, 1.165) is 19.8 Å². The zero-order valence-electron chi connectivity index (χ0n) is 13.2. The van der Waals surface area contributed by atoms with Gasteiger partial charge in [-0.05, 0) is 23.8 Å². The average Bonchev–Trinajstić information content (AvgIpc) is 2.59. The number of hydrogen-bond acceptors (Lipinski definition) is 7. The van der Waals surface area contributed by atoms with Crippen molar-refractivity contribution in [3.05, 3.63) is 40.9 Å². The van der Waals surface area contributed by atoms with Gasteiger partial charge in [0.25, 0.3) is 0 Å². The number of phosphoric acid groups is 1. The molecule has 7 nitrogen and oxygen atoms in total. The standard InChI is InChI=1S/C13H19ClO7P2/c1-17-22(15,18-2)13(21-23(16,19-3)20-4)10-7-11-5-8-12(14)9-6-11/h5-10,13H,1-4H3/b10-7+. The van der Waals surface area contributed by atoms with Crippen LogP contribution in [0.2, 0.25) is 5.02 Å². The Morgan fingerprint density at radius 2 is 1.48 bits per heavy atom. The summed E-state index contributed by atoms with van der Waals surface area (Å²) in [5.41, 5.74) is 0.756. The SMILES string of the molecule is COP(=O)(OC)OC(/C=C/c1ccc(Cl)cc1)P(=O)(OC)OC. The van der Waals surface area contributed by atoms with Crippen LogP contribution in [0.1, 0.15) is 5.56 Å². The molecule has 1 rings (SSSR count). The lowest BCUT2D eigenvalue weighted by Crippen LogP contribution is -2.13. The van der Waals surface area contributed by atoms with Gasteiger partial charge in [-0.15, -0.1) is 0 Å². The van der Waals surface area contributed by atoms with E-state index >= 15 is 0 Å². The van der Waals surface area contributed by atoms with E-state index in [9.17, 15) is 9.13 Å². The second-order valence-corrected chi connectivity index (χ2v) is 8.71. The lowest BCUT2D eigenvalue weighted by Gasteiger charge is -2.24. The lowest BCUT2D eigenvalue weighted by atomic mass is 10.2. The molecule has 0 aliphatic heterocycles. The minimum atomic E-state index is -3.89. The summed E-state index contributed by atoms with van der Waals surface area (Å²) in [6, 6.07) is 6.87. The molecule has 0 radical (unpaired) electrons. The first-order valence-electron chi connectivity index (χ1n) is 6.37. The van der Waals surface area contributed by atoms with Crippen LogP contribution in [0.5, 0.6) is 0 Å². The van der Waals surface area contributed by atoms with Gasteiger partial charge in [-0.25, -0.2) is 4.57 Å². The molecule has 130 valence electrons. The molecule has 0 aromatic heterocycles. The van der Waals surface area contributed by atoms with Gasteiger partial charge in [-0.1, -0.05) is 29.8 Å². The molecule has 0 heterocycles. The van der Waals surface area contributed by atoms with Crippen molar-refractivity contribution in [2.24, 2.45) is 0 Å². The van der Waals surface area contributed by atoms with Crippen LogP contribution in [0.3, 0.4) is 0 Å². The van der Waals surface area contributed by atoms with Crippen LogP contribution < -0.4 is 0 Å². The van der Waals surface area contributed by atoms with Gasteiger partial charge in [0.05, 0.1) is 0 Å². The first kappa shape index (κ1) is 20.6. The fraction of sp³-hybridized carbons (Fsp3) is 0.385. The fourth-order valence-corrected chi connectivity index (χ4v) is 3.99. The van der Waals surface area contributed by atoms with Crippen LogP contribution in [-0.2, 0) is 31.7 Å². The molecule has 0 aliphatic carbocycles. The van der Waals surface area contributed by atoms with E-state index in [0.29, 0.717) is 5.02 Å². The van der Waals surface area contributed by atoms with E-state index in [1.807, 2.05) is 0 Å². The normalized spacial score (nSPS) is 14.3. The molecule has 0 fully saturated rings. The highest BCUT2D eigenvalue weighted by Gasteiger charge is 2.40. The largest absolute Gasteiger partial charge is 0.475 e. The molecular formula is C13H19ClO7P2.